The van der Waals surface area contributed by atoms with Gasteiger partial charge in [0.25, 0.3) is 0 Å². The Hall–Kier alpha value is -1.11. The Kier molecular flexibility index (Phi) is 5.13. The van der Waals surface area contributed by atoms with E-state index in [-0.39, 0.29) is 23.5 Å². The number of hydrogen-bond donors (Lipinski definition) is 2. The molecule has 0 radical (unpaired) electrons. The first-order chi connectivity index (χ1) is 8.40. The van der Waals surface area contributed by atoms with Gasteiger partial charge in [-0.25, -0.2) is 13.1 Å². The second-order valence-corrected chi connectivity index (χ2v) is 5.96. The van der Waals surface area contributed by atoms with Crippen molar-refractivity contribution in [3.8, 4) is 5.75 Å². The lowest BCUT2D eigenvalue weighted by molar-refractivity contribution is 0.216. The first-order valence-electron chi connectivity index (χ1n) is 5.68. The van der Waals surface area contributed by atoms with Crippen LogP contribution < -0.4 is 9.46 Å². The molecule has 1 aromatic rings. The molecule has 0 aliphatic rings. The van der Waals surface area contributed by atoms with Crippen molar-refractivity contribution >= 4 is 10.0 Å². The lowest BCUT2D eigenvalue weighted by Crippen LogP contribution is -2.38. The summed E-state index contributed by atoms with van der Waals surface area (Å²) in [6, 6.07) is 5.82. The molecule has 1 rings (SSSR count). The Morgan fingerprint density at radius 1 is 1.28 bits per heavy atom. The van der Waals surface area contributed by atoms with Crippen LogP contribution in [-0.2, 0) is 10.0 Å². The number of rotatable bonds is 6. The van der Waals surface area contributed by atoms with E-state index in [9.17, 15) is 8.42 Å². The Balaban J connectivity index is 2.85. The molecule has 0 spiro atoms. The van der Waals surface area contributed by atoms with Crippen LogP contribution in [0, 0.1) is 5.92 Å². The normalized spacial score (nSPS) is 15.1. The van der Waals surface area contributed by atoms with Gasteiger partial charge in [0.2, 0.25) is 10.0 Å². The first kappa shape index (κ1) is 14.9. The highest BCUT2D eigenvalue weighted by atomic mass is 32.2. The van der Waals surface area contributed by atoms with Crippen LogP contribution in [0.2, 0.25) is 0 Å². The van der Waals surface area contributed by atoms with Gasteiger partial charge in [0.1, 0.15) is 5.75 Å². The Morgan fingerprint density at radius 3 is 2.28 bits per heavy atom. The second kappa shape index (κ2) is 6.17. The third kappa shape index (κ3) is 3.69. The number of methoxy groups -OCH3 is 1. The van der Waals surface area contributed by atoms with Gasteiger partial charge in [-0.1, -0.05) is 6.92 Å². The molecule has 2 N–H and O–H groups in total. The fourth-order valence-electron chi connectivity index (χ4n) is 1.34. The Morgan fingerprint density at radius 2 is 1.83 bits per heavy atom. The SMILES string of the molecule is COc1ccc(S(=O)(=O)NC(C)C(C)CO)cc1. The summed E-state index contributed by atoms with van der Waals surface area (Å²) in [7, 11) is -2.04. The third-order valence-electron chi connectivity index (χ3n) is 2.85. The van der Waals surface area contributed by atoms with Crippen molar-refractivity contribution in [2.75, 3.05) is 13.7 Å². The molecule has 0 fully saturated rings. The smallest absolute Gasteiger partial charge is 0.240 e. The van der Waals surface area contributed by atoms with Gasteiger partial charge in [-0.05, 0) is 37.1 Å². The zero-order valence-corrected chi connectivity index (χ0v) is 11.6. The van der Waals surface area contributed by atoms with E-state index in [1.54, 1.807) is 26.0 Å². The summed E-state index contributed by atoms with van der Waals surface area (Å²) < 4.78 is 31.6. The summed E-state index contributed by atoms with van der Waals surface area (Å²) in [5, 5.41) is 8.99. The largest absolute Gasteiger partial charge is 0.497 e. The van der Waals surface area contributed by atoms with E-state index < -0.39 is 10.0 Å². The minimum Gasteiger partial charge on any atom is -0.497 e. The summed E-state index contributed by atoms with van der Waals surface area (Å²) in [5.74, 6) is 0.462. The number of ether oxygens (including phenoxy) is 1. The second-order valence-electron chi connectivity index (χ2n) is 4.25. The predicted octanol–water partition coefficient (Wildman–Crippen LogP) is 0.990. The van der Waals surface area contributed by atoms with Crippen molar-refractivity contribution in [2.45, 2.75) is 24.8 Å². The summed E-state index contributed by atoms with van der Waals surface area (Å²) in [4.78, 5) is 0.181. The number of aliphatic hydroxyl groups is 1. The molecule has 0 saturated carbocycles. The van der Waals surface area contributed by atoms with Gasteiger partial charge < -0.3 is 9.84 Å². The molecule has 0 bridgehead atoms. The van der Waals surface area contributed by atoms with Crippen LogP contribution in [0.3, 0.4) is 0 Å². The molecule has 2 atom stereocenters. The van der Waals surface area contributed by atoms with Crippen LogP contribution in [0.1, 0.15) is 13.8 Å². The topological polar surface area (TPSA) is 75.6 Å². The summed E-state index contributed by atoms with van der Waals surface area (Å²) >= 11 is 0. The highest BCUT2D eigenvalue weighted by molar-refractivity contribution is 7.89. The quantitative estimate of drug-likeness (QED) is 0.810. The minimum atomic E-state index is -3.56. The van der Waals surface area contributed by atoms with Crippen molar-refractivity contribution in [1.82, 2.24) is 4.72 Å². The van der Waals surface area contributed by atoms with Crippen LogP contribution >= 0.6 is 0 Å². The van der Waals surface area contributed by atoms with Crippen LogP contribution in [0.15, 0.2) is 29.2 Å². The van der Waals surface area contributed by atoms with Gasteiger partial charge in [0.05, 0.1) is 12.0 Å². The van der Waals surface area contributed by atoms with Crippen molar-refractivity contribution in [2.24, 2.45) is 5.92 Å². The first-order valence-corrected chi connectivity index (χ1v) is 7.16. The fourth-order valence-corrected chi connectivity index (χ4v) is 2.69. The molecule has 0 aliphatic carbocycles. The average molecular weight is 273 g/mol. The molecule has 0 heterocycles. The summed E-state index contributed by atoms with van der Waals surface area (Å²) in [6.07, 6.45) is 0. The Bertz CT molecular complexity index is 469. The molecule has 6 heteroatoms. The monoisotopic (exact) mass is 273 g/mol. The maximum atomic E-state index is 12.0. The molecule has 5 nitrogen and oxygen atoms in total. The van der Waals surface area contributed by atoms with Crippen LogP contribution in [0.4, 0.5) is 0 Å². The molecule has 102 valence electrons. The lowest BCUT2D eigenvalue weighted by Gasteiger charge is -2.19. The number of nitrogens with one attached hydrogen (secondary N) is 1. The maximum absolute atomic E-state index is 12.0. The Labute approximate surface area is 108 Å². The van der Waals surface area contributed by atoms with Crippen LogP contribution in [0.25, 0.3) is 0 Å². The molecule has 1 aromatic carbocycles. The van der Waals surface area contributed by atoms with E-state index >= 15 is 0 Å². The summed E-state index contributed by atoms with van der Waals surface area (Å²) in [6.45, 7) is 3.44. The highest BCUT2D eigenvalue weighted by Gasteiger charge is 2.20. The van der Waals surface area contributed by atoms with E-state index in [1.165, 1.54) is 19.2 Å². The van der Waals surface area contributed by atoms with Gasteiger partial charge in [-0.2, -0.15) is 0 Å². The molecule has 0 aliphatic heterocycles. The van der Waals surface area contributed by atoms with Crippen molar-refractivity contribution in [3.05, 3.63) is 24.3 Å². The zero-order valence-electron chi connectivity index (χ0n) is 10.8. The zero-order chi connectivity index (χ0) is 13.8. The highest BCUT2D eigenvalue weighted by Crippen LogP contribution is 2.16. The number of benzene rings is 1. The van der Waals surface area contributed by atoms with Gasteiger partial charge in [0, 0.05) is 12.6 Å². The van der Waals surface area contributed by atoms with Crippen molar-refractivity contribution < 1.29 is 18.3 Å². The van der Waals surface area contributed by atoms with E-state index in [1.807, 2.05) is 0 Å². The van der Waals surface area contributed by atoms with E-state index in [0.717, 1.165) is 0 Å². The van der Waals surface area contributed by atoms with Gasteiger partial charge in [0.15, 0.2) is 0 Å². The molecule has 18 heavy (non-hydrogen) atoms. The number of sulfonamides is 1. The van der Waals surface area contributed by atoms with Gasteiger partial charge in [-0.3, -0.25) is 0 Å². The third-order valence-corrected chi connectivity index (χ3v) is 4.43. The van der Waals surface area contributed by atoms with Crippen LogP contribution in [-0.4, -0.2) is 33.3 Å². The standard InChI is InChI=1S/C12H19NO4S/c1-9(8-14)10(2)13-18(15,16)12-6-4-11(17-3)5-7-12/h4-7,9-10,13-14H,8H2,1-3H3. The average Bonchev–Trinajstić information content (AvgIpc) is 2.37. The lowest BCUT2D eigenvalue weighted by atomic mass is 10.1. The predicted molar refractivity (Wildman–Crippen MR) is 69.0 cm³/mol. The van der Waals surface area contributed by atoms with Crippen LogP contribution in [0.5, 0.6) is 5.75 Å². The molecular weight excluding hydrogens is 254 g/mol. The van der Waals surface area contributed by atoms with Crippen molar-refractivity contribution in [1.29, 1.82) is 0 Å². The van der Waals surface area contributed by atoms with Crippen molar-refractivity contribution in [3.63, 3.8) is 0 Å². The van der Waals surface area contributed by atoms with Gasteiger partial charge in [-0.15, -0.1) is 0 Å². The number of hydrogen-bond acceptors (Lipinski definition) is 4. The minimum absolute atomic E-state index is 0.0632. The molecule has 0 saturated heterocycles. The maximum Gasteiger partial charge on any atom is 0.240 e. The van der Waals surface area contributed by atoms with E-state index in [0.29, 0.717) is 5.75 Å². The van der Waals surface area contributed by atoms with Gasteiger partial charge >= 0.3 is 0 Å². The molecular formula is C12H19NO4S. The molecule has 0 amide bonds. The fraction of sp³-hybridized carbons (Fsp3) is 0.500. The summed E-state index contributed by atoms with van der Waals surface area (Å²) in [5.41, 5.74) is 0. The molecule has 0 aromatic heterocycles. The number of aliphatic hydroxyl groups excluding tert-OH is 1. The van der Waals surface area contributed by atoms with E-state index in [4.69, 9.17) is 9.84 Å². The van der Waals surface area contributed by atoms with E-state index in [2.05, 4.69) is 4.72 Å². The molecule has 2 unspecified atom stereocenters.